The first kappa shape index (κ1) is 21.9. The predicted molar refractivity (Wildman–Crippen MR) is 127 cm³/mol. The minimum absolute atomic E-state index is 0.0608. The minimum Gasteiger partial charge on any atom is -0.465 e. The Hall–Kier alpha value is -3.95. The number of likely N-dealkylation sites (tertiary alicyclic amines) is 1. The van der Waals surface area contributed by atoms with Gasteiger partial charge in [0.2, 0.25) is 5.91 Å². The van der Waals surface area contributed by atoms with Crippen LogP contribution in [0.4, 0.5) is 26.4 Å². The maximum Gasteiger partial charge on any atom is 0.413 e. The van der Waals surface area contributed by atoms with Gasteiger partial charge in [0, 0.05) is 55.5 Å². The molecule has 1 atom stereocenters. The van der Waals surface area contributed by atoms with Crippen LogP contribution in [0, 0.1) is 12.7 Å². The number of hydrogen-bond donors (Lipinski definition) is 3. The summed E-state index contributed by atoms with van der Waals surface area (Å²) in [5.74, 6) is -0.539. The highest BCUT2D eigenvalue weighted by Gasteiger charge is 2.36. The zero-order valence-corrected chi connectivity index (χ0v) is 18.9. The number of rotatable bonds is 3. The van der Waals surface area contributed by atoms with E-state index >= 15 is 4.39 Å². The lowest BCUT2D eigenvalue weighted by molar-refractivity contribution is -0.126. The summed E-state index contributed by atoms with van der Waals surface area (Å²) in [6.45, 7) is 3.03. The van der Waals surface area contributed by atoms with Crippen LogP contribution in [-0.2, 0) is 11.2 Å². The lowest BCUT2D eigenvalue weighted by atomic mass is 9.95. The zero-order chi connectivity index (χ0) is 24.1. The van der Waals surface area contributed by atoms with Crippen LogP contribution >= 0.6 is 0 Å². The number of anilines is 3. The van der Waals surface area contributed by atoms with Gasteiger partial charge in [-0.25, -0.2) is 14.2 Å². The monoisotopic (exact) mass is 464 g/mol. The van der Waals surface area contributed by atoms with E-state index in [-0.39, 0.29) is 30.4 Å². The molecule has 10 heteroatoms. The van der Waals surface area contributed by atoms with Crippen LogP contribution in [0.1, 0.15) is 24.1 Å². The van der Waals surface area contributed by atoms with E-state index in [2.05, 4.69) is 15.3 Å². The number of nitrogens with two attached hydrogens (primary N) is 1. The van der Waals surface area contributed by atoms with Gasteiger partial charge >= 0.3 is 6.09 Å². The Balaban J connectivity index is 1.63. The molecular weight excluding hydrogens is 439 g/mol. The number of carboxylic acid groups (broad SMARTS) is 1. The predicted octanol–water partition coefficient (Wildman–Crippen LogP) is 3.40. The number of aromatic nitrogens is 2. The highest BCUT2D eigenvalue weighted by atomic mass is 19.1. The molecule has 5 rings (SSSR count). The molecule has 2 aromatic heterocycles. The number of nitrogens with zero attached hydrogens (tertiary/aromatic N) is 4. The smallest absolute Gasteiger partial charge is 0.413 e. The van der Waals surface area contributed by atoms with Crippen molar-refractivity contribution in [1.29, 1.82) is 0 Å². The fourth-order valence-corrected chi connectivity index (χ4v) is 4.89. The van der Waals surface area contributed by atoms with Crippen molar-refractivity contribution in [3.63, 3.8) is 0 Å². The fourth-order valence-electron chi connectivity index (χ4n) is 4.89. The fraction of sp³-hybridized carbons (Fsp3) is 0.333. The van der Waals surface area contributed by atoms with Crippen LogP contribution in [0.2, 0.25) is 0 Å². The minimum atomic E-state index is -1.21. The lowest BCUT2D eigenvalue weighted by Crippen LogP contribution is -2.41. The van der Waals surface area contributed by atoms with Crippen LogP contribution < -0.4 is 16.0 Å². The van der Waals surface area contributed by atoms with Crippen LogP contribution in [0.5, 0.6) is 0 Å². The van der Waals surface area contributed by atoms with Crippen molar-refractivity contribution in [1.82, 2.24) is 14.9 Å². The van der Waals surface area contributed by atoms with E-state index in [0.29, 0.717) is 21.9 Å². The van der Waals surface area contributed by atoms with Gasteiger partial charge in [-0.15, -0.1) is 0 Å². The molecular formula is C24H25FN6O3. The summed E-state index contributed by atoms with van der Waals surface area (Å²) in [7, 11) is 1.63. The number of amides is 2. The molecule has 0 bridgehead atoms. The van der Waals surface area contributed by atoms with Crippen molar-refractivity contribution in [2.75, 3.05) is 36.1 Å². The first-order valence-corrected chi connectivity index (χ1v) is 11.1. The number of pyridine rings is 2. The maximum absolute atomic E-state index is 15.4. The number of benzene rings is 1. The van der Waals surface area contributed by atoms with Gasteiger partial charge < -0.3 is 21.1 Å². The standard InChI is InChI=1S/C24H25FN6O3/c1-12-16(9-28-18-4-3-5-27-23(12)18)15-6-13-7-19(29-10-17(13)22(26)21(15)25)31(24(33)34)14-8-20(32)30(2)11-14/h6-7,9-10,14,27H,3-5,8,11,26H2,1-2H3,(H,33,34)/t14-/m1/s1. The van der Waals surface area contributed by atoms with E-state index in [1.807, 2.05) is 6.92 Å². The second-order valence-corrected chi connectivity index (χ2v) is 8.85. The van der Waals surface area contributed by atoms with Gasteiger partial charge in [0.1, 0.15) is 5.82 Å². The van der Waals surface area contributed by atoms with Crippen LogP contribution in [0.15, 0.2) is 24.5 Å². The Kier molecular flexibility index (Phi) is 5.22. The highest BCUT2D eigenvalue weighted by Crippen LogP contribution is 2.38. The SMILES string of the molecule is Cc1c(-c2cc3cc(N(C(=O)O)[C@@H]4CC(=O)N(C)C4)ncc3c(N)c2F)cnc2c1NCCC2. The highest BCUT2D eigenvalue weighted by molar-refractivity contribution is 6.00. The van der Waals surface area contributed by atoms with Crippen LogP contribution in [-0.4, -0.2) is 58.2 Å². The molecule has 34 heavy (non-hydrogen) atoms. The number of hydrogen-bond acceptors (Lipinski definition) is 6. The summed E-state index contributed by atoms with van der Waals surface area (Å²) in [5.41, 5.74) is 9.77. The summed E-state index contributed by atoms with van der Waals surface area (Å²) in [5, 5.41) is 14.2. The molecule has 4 heterocycles. The molecule has 0 radical (unpaired) electrons. The van der Waals surface area contributed by atoms with Crippen LogP contribution in [0.25, 0.3) is 21.9 Å². The quantitative estimate of drug-likeness (QED) is 0.508. The molecule has 1 saturated heterocycles. The molecule has 3 aromatic rings. The first-order chi connectivity index (χ1) is 16.3. The number of carbonyl (C=O) groups excluding carboxylic acids is 1. The maximum atomic E-state index is 15.4. The molecule has 2 amide bonds. The Bertz CT molecular complexity index is 1340. The molecule has 4 N–H and O–H groups in total. The molecule has 0 spiro atoms. The van der Waals surface area contributed by atoms with E-state index < -0.39 is 18.0 Å². The van der Waals surface area contributed by atoms with Gasteiger partial charge in [-0.1, -0.05) is 0 Å². The number of carbonyl (C=O) groups is 2. The Labute approximate surface area is 195 Å². The number of halogens is 1. The summed E-state index contributed by atoms with van der Waals surface area (Å²) in [4.78, 5) is 35.4. The number of aryl methyl sites for hydroxylation is 1. The average Bonchev–Trinajstić information content (AvgIpc) is 3.14. The molecule has 0 unspecified atom stereocenters. The van der Waals surface area contributed by atoms with Crippen molar-refractivity contribution in [2.45, 2.75) is 32.2 Å². The second-order valence-electron chi connectivity index (χ2n) is 8.85. The number of likely N-dealkylation sites (N-methyl/N-ethyl adjacent to an activating group) is 1. The van der Waals surface area contributed by atoms with Crippen molar-refractivity contribution in [3.8, 4) is 11.1 Å². The molecule has 176 valence electrons. The van der Waals surface area contributed by atoms with Gasteiger partial charge in [0.25, 0.3) is 0 Å². The third-order valence-corrected chi connectivity index (χ3v) is 6.72. The Morgan fingerprint density at radius 1 is 1.29 bits per heavy atom. The van der Waals surface area contributed by atoms with Gasteiger partial charge in [0.15, 0.2) is 5.82 Å². The number of nitrogen functional groups attached to an aromatic ring is 1. The third-order valence-electron chi connectivity index (χ3n) is 6.72. The van der Waals surface area contributed by atoms with E-state index in [1.54, 1.807) is 25.4 Å². The average molecular weight is 465 g/mol. The van der Waals surface area contributed by atoms with E-state index in [0.717, 1.165) is 41.2 Å². The van der Waals surface area contributed by atoms with E-state index in [1.165, 1.54) is 11.1 Å². The largest absolute Gasteiger partial charge is 0.465 e. The van der Waals surface area contributed by atoms with Gasteiger partial charge in [0.05, 0.1) is 23.1 Å². The van der Waals surface area contributed by atoms with Crippen LogP contribution in [0.3, 0.4) is 0 Å². The number of nitrogens with one attached hydrogen (secondary N) is 1. The zero-order valence-electron chi connectivity index (χ0n) is 18.9. The molecule has 2 aliphatic rings. The summed E-state index contributed by atoms with van der Waals surface area (Å²) in [6, 6.07) is 2.66. The lowest BCUT2D eigenvalue weighted by Gasteiger charge is -2.25. The Morgan fingerprint density at radius 2 is 2.09 bits per heavy atom. The molecule has 0 aliphatic carbocycles. The van der Waals surface area contributed by atoms with Gasteiger partial charge in [-0.05, 0) is 42.8 Å². The molecule has 2 aliphatic heterocycles. The van der Waals surface area contributed by atoms with Crippen molar-refractivity contribution >= 4 is 40.0 Å². The summed E-state index contributed by atoms with van der Waals surface area (Å²) < 4.78 is 15.4. The second kappa shape index (κ2) is 8.12. The normalized spacial score (nSPS) is 17.6. The molecule has 1 aromatic carbocycles. The van der Waals surface area contributed by atoms with Crippen molar-refractivity contribution in [2.24, 2.45) is 0 Å². The van der Waals surface area contributed by atoms with Crippen molar-refractivity contribution < 1.29 is 19.1 Å². The van der Waals surface area contributed by atoms with E-state index in [4.69, 9.17) is 5.73 Å². The van der Waals surface area contributed by atoms with Crippen molar-refractivity contribution in [3.05, 3.63) is 41.6 Å². The van der Waals surface area contributed by atoms with Gasteiger partial charge in [-0.3, -0.25) is 14.7 Å². The molecule has 0 saturated carbocycles. The summed E-state index contributed by atoms with van der Waals surface area (Å²) >= 11 is 0. The third kappa shape index (κ3) is 3.46. The topological polar surface area (TPSA) is 125 Å². The van der Waals surface area contributed by atoms with Gasteiger partial charge in [-0.2, -0.15) is 0 Å². The van der Waals surface area contributed by atoms with E-state index in [9.17, 15) is 14.7 Å². The molecule has 1 fully saturated rings. The summed E-state index contributed by atoms with van der Waals surface area (Å²) in [6.07, 6.45) is 3.76. The number of fused-ring (bicyclic) bond motifs is 2. The first-order valence-electron chi connectivity index (χ1n) is 11.1. The Morgan fingerprint density at radius 3 is 2.79 bits per heavy atom. The molecule has 9 nitrogen and oxygen atoms in total.